The van der Waals surface area contributed by atoms with E-state index in [0.717, 1.165) is 0 Å². The predicted octanol–water partition coefficient (Wildman–Crippen LogP) is 1.47. The minimum absolute atomic E-state index is 0.0436. The first kappa shape index (κ1) is 13.5. The molecule has 1 atom stereocenters. The van der Waals surface area contributed by atoms with E-state index in [-0.39, 0.29) is 18.8 Å². The van der Waals surface area contributed by atoms with Crippen LogP contribution < -0.4 is 5.32 Å². The number of benzene rings is 1. The fraction of sp³-hybridized carbons (Fsp3) is 0.417. The normalized spacial score (nSPS) is 23.1. The van der Waals surface area contributed by atoms with Gasteiger partial charge in [-0.25, -0.2) is 4.39 Å². The van der Waals surface area contributed by atoms with E-state index in [9.17, 15) is 14.3 Å². The predicted molar refractivity (Wildman–Crippen MR) is 66.8 cm³/mol. The van der Waals surface area contributed by atoms with E-state index < -0.39 is 17.3 Å². The molecule has 98 valence electrons. The molecule has 1 saturated heterocycles. The van der Waals surface area contributed by atoms with Gasteiger partial charge in [0.25, 0.3) is 5.91 Å². The average Bonchev–Trinajstić information content (AvgIpc) is 2.78. The number of aliphatic hydroxyl groups excluding tert-OH is 1. The van der Waals surface area contributed by atoms with E-state index in [0.29, 0.717) is 17.5 Å². The molecule has 0 spiro atoms. The third-order valence-corrected chi connectivity index (χ3v) is 3.45. The quantitative estimate of drug-likeness (QED) is 0.887. The minimum Gasteiger partial charge on any atom is -0.394 e. The van der Waals surface area contributed by atoms with Gasteiger partial charge in [0.15, 0.2) is 0 Å². The lowest BCUT2D eigenvalue weighted by atomic mass is 9.99. The maximum Gasteiger partial charge on any atom is 0.254 e. The molecule has 0 aromatic heterocycles. The molecule has 4 nitrogen and oxygen atoms in total. The fourth-order valence-corrected chi connectivity index (χ4v) is 2.18. The Morgan fingerprint density at radius 2 is 2.39 bits per heavy atom. The highest BCUT2D eigenvalue weighted by Crippen LogP contribution is 2.20. The molecule has 0 radical (unpaired) electrons. The third-order valence-electron chi connectivity index (χ3n) is 2.96. The molecule has 0 bridgehead atoms. The number of halogens is 2. The van der Waals surface area contributed by atoms with E-state index in [4.69, 9.17) is 4.74 Å². The van der Waals surface area contributed by atoms with E-state index in [1.165, 1.54) is 12.1 Å². The number of nitrogens with one attached hydrogen (secondary N) is 1. The molecule has 1 unspecified atom stereocenters. The Hall–Kier alpha value is -0.980. The standard InChI is InChI=1S/C12H13BrFNO3/c13-8-1-2-9(10(14)5-8)11(17)15-12(6-16)3-4-18-7-12/h1-2,5,16H,3-4,6-7H2,(H,15,17). The Balaban J connectivity index is 2.16. The van der Waals surface area contributed by atoms with Crippen molar-refractivity contribution in [2.45, 2.75) is 12.0 Å². The van der Waals surface area contributed by atoms with Gasteiger partial charge in [0, 0.05) is 11.1 Å². The highest BCUT2D eigenvalue weighted by molar-refractivity contribution is 9.10. The summed E-state index contributed by atoms with van der Waals surface area (Å²) in [6.07, 6.45) is 0.521. The van der Waals surface area contributed by atoms with Crippen LogP contribution in [0.15, 0.2) is 22.7 Å². The van der Waals surface area contributed by atoms with E-state index in [1.807, 2.05) is 0 Å². The molecule has 1 aromatic carbocycles. The zero-order valence-electron chi connectivity index (χ0n) is 9.58. The van der Waals surface area contributed by atoms with Crippen molar-refractivity contribution in [3.8, 4) is 0 Å². The summed E-state index contributed by atoms with van der Waals surface area (Å²) < 4.78 is 19.3. The van der Waals surface area contributed by atoms with E-state index >= 15 is 0 Å². The number of carbonyl (C=O) groups excluding carboxylic acids is 1. The van der Waals surface area contributed by atoms with E-state index in [1.54, 1.807) is 6.07 Å². The second-order valence-electron chi connectivity index (χ2n) is 4.32. The first-order chi connectivity index (χ1) is 8.56. The molecule has 1 aliphatic heterocycles. The zero-order chi connectivity index (χ0) is 13.2. The fourth-order valence-electron chi connectivity index (χ4n) is 1.85. The Bertz CT molecular complexity index is 461. The van der Waals surface area contributed by atoms with Crippen LogP contribution in [-0.2, 0) is 4.74 Å². The van der Waals surface area contributed by atoms with Crippen molar-refractivity contribution in [1.29, 1.82) is 0 Å². The summed E-state index contributed by atoms with van der Waals surface area (Å²) >= 11 is 3.13. The van der Waals surface area contributed by atoms with Crippen molar-refractivity contribution < 1.29 is 19.0 Å². The molecule has 18 heavy (non-hydrogen) atoms. The van der Waals surface area contributed by atoms with Gasteiger partial charge in [0.1, 0.15) is 5.82 Å². The SMILES string of the molecule is O=C(NC1(CO)CCOC1)c1ccc(Br)cc1F. The van der Waals surface area contributed by atoms with Crippen molar-refractivity contribution in [3.63, 3.8) is 0 Å². The summed E-state index contributed by atoms with van der Waals surface area (Å²) in [5.41, 5.74) is -0.839. The maximum absolute atomic E-state index is 13.6. The second-order valence-corrected chi connectivity index (χ2v) is 5.23. The lowest BCUT2D eigenvalue weighted by Gasteiger charge is -2.26. The van der Waals surface area contributed by atoms with Crippen LogP contribution in [0.2, 0.25) is 0 Å². The van der Waals surface area contributed by atoms with Crippen LogP contribution in [0.3, 0.4) is 0 Å². The number of aliphatic hydroxyl groups is 1. The topological polar surface area (TPSA) is 58.6 Å². The molecule has 0 aliphatic carbocycles. The molecule has 1 amide bonds. The lowest BCUT2D eigenvalue weighted by molar-refractivity contribution is 0.0785. The van der Waals surface area contributed by atoms with Crippen LogP contribution >= 0.6 is 15.9 Å². The molecule has 1 aromatic rings. The molecule has 1 aliphatic rings. The highest BCUT2D eigenvalue weighted by Gasteiger charge is 2.36. The summed E-state index contributed by atoms with van der Waals surface area (Å²) in [5, 5.41) is 12.0. The minimum atomic E-state index is -0.795. The summed E-state index contributed by atoms with van der Waals surface area (Å²) in [4.78, 5) is 12.0. The number of amides is 1. The summed E-state index contributed by atoms with van der Waals surface area (Å²) in [6.45, 7) is 0.494. The highest BCUT2D eigenvalue weighted by atomic mass is 79.9. The van der Waals surface area contributed by atoms with Crippen LogP contribution in [0, 0.1) is 5.82 Å². The summed E-state index contributed by atoms with van der Waals surface area (Å²) in [5.74, 6) is -1.14. The van der Waals surface area contributed by atoms with Crippen LogP contribution in [0.1, 0.15) is 16.8 Å². The number of ether oxygens (including phenoxy) is 1. The van der Waals surface area contributed by atoms with Gasteiger partial charge in [0.05, 0.1) is 24.3 Å². The van der Waals surface area contributed by atoms with Crippen LogP contribution in [0.5, 0.6) is 0 Å². The zero-order valence-corrected chi connectivity index (χ0v) is 11.2. The number of hydrogen-bond donors (Lipinski definition) is 2. The van der Waals surface area contributed by atoms with Crippen molar-refractivity contribution >= 4 is 21.8 Å². The monoisotopic (exact) mass is 317 g/mol. The van der Waals surface area contributed by atoms with Gasteiger partial charge < -0.3 is 15.2 Å². The van der Waals surface area contributed by atoms with Crippen molar-refractivity contribution in [2.75, 3.05) is 19.8 Å². The average molecular weight is 318 g/mol. The molecular formula is C12H13BrFNO3. The second kappa shape index (κ2) is 5.34. The first-order valence-corrected chi connectivity index (χ1v) is 6.32. The lowest BCUT2D eigenvalue weighted by Crippen LogP contribution is -2.52. The van der Waals surface area contributed by atoms with Gasteiger partial charge in [-0.05, 0) is 24.6 Å². The Kier molecular flexibility index (Phi) is 3.99. The van der Waals surface area contributed by atoms with Crippen molar-refractivity contribution in [3.05, 3.63) is 34.1 Å². The van der Waals surface area contributed by atoms with Crippen molar-refractivity contribution in [1.82, 2.24) is 5.32 Å². The van der Waals surface area contributed by atoms with Gasteiger partial charge in [0.2, 0.25) is 0 Å². The number of rotatable bonds is 3. The largest absolute Gasteiger partial charge is 0.394 e. The van der Waals surface area contributed by atoms with Crippen LogP contribution in [0.4, 0.5) is 4.39 Å². The maximum atomic E-state index is 13.6. The third kappa shape index (κ3) is 2.71. The van der Waals surface area contributed by atoms with Crippen LogP contribution in [0.25, 0.3) is 0 Å². The van der Waals surface area contributed by atoms with Gasteiger partial charge in [-0.3, -0.25) is 4.79 Å². The van der Waals surface area contributed by atoms with Crippen LogP contribution in [-0.4, -0.2) is 36.4 Å². The van der Waals surface area contributed by atoms with Gasteiger partial charge >= 0.3 is 0 Å². The van der Waals surface area contributed by atoms with Gasteiger partial charge in [-0.15, -0.1) is 0 Å². The molecule has 2 rings (SSSR count). The number of carbonyl (C=O) groups is 1. The Morgan fingerprint density at radius 1 is 1.61 bits per heavy atom. The molecule has 2 N–H and O–H groups in total. The smallest absolute Gasteiger partial charge is 0.254 e. The Morgan fingerprint density at radius 3 is 2.94 bits per heavy atom. The molecule has 1 fully saturated rings. The molecule has 0 saturated carbocycles. The Labute approximate surface area is 112 Å². The molecule has 6 heteroatoms. The first-order valence-electron chi connectivity index (χ1n) is 5.52. The van der Waals surface area contributed by atoms with Gasteiger partial charge in [-0.1, -0.05) is 15.9 Å². The van der Waals surface area contributed by atoms with E-state index in [2.05, 4.69) is 21.2 Å². The molecular weight excluding hydrogens is 305 g/mol. The van der Waals surface area contributed by atoms with Crippen molar-refractivity contribution in [2.24, 2.45) is 0 Å². The summed E-state index contributed by atoms with van der Waals surface area (Å²) in [6, 6.07) is 4.22. The number of hydrogen-bond acceptors (Lipinski definition) is 3. The van der Waals surface area contributed by atoms with Gasteiger partial charge in [-0.2, -0.15) is 0 Å². The summed E-state index contributed by atoms with van der Waals surface area (Å²) in [7, 11) is 0. The molecule has 1 heterocycles.